The van der Waals surface area contributed by atoms with Gasteiger partial charge in [0.05, 0.1) is 6.04 Å². The van der Waals surface area contributed by atoms with E-state index in [1.165, 1.54) is 10.9 Å². The van der Waals surface area contributed by atoms with Crippen molar-refractivity contribution in [3.8, 4) is 0 Å². The molecule has 1 amide bonds. The van der Waals surface area contributed by atoms with E-state index in [0.29, 0.717) is 12.5 Å². The van der Waals surface area contributed by atoms with Gasteiger partial charge in [-0.3, -0.25) is 4.79 Å². The van der Waals surface area contributed by atoms with Gasteiger partial charge in [-0.25, -0.2) is 0 Å². The van der Waals surface area contributed by atoms with Crippen LogP contribution in [-0.2, 0) is 4.79 Å². The maximum Gasteiger partial charge on any atom is 0.226 e. The zero-order valence-corrected chi connectivity index (χ0v) is 15.5. The zero-order valence-electron chi connectivity index (χ0n) is 14.7. The third-order valence-electron chi connectivity index (χ3n) is 5.88. The number of carbonyl (C=O) groups excluding carboxylic acids is 1. The molecule has 0 spiro atoms. The average molecular weight is 365 g/mol. The minimum Gasteiger partial charge on any atom is -0.356 e. The molecule has 0 radical (unpaired) electrons. The summed E-state index contributed by atoms with van der Waals surface area (Å²) in [6.07, 6.45) is 2.05. The standard InChI is InChI=1S/C22H21ClN2O/c1-13-21-20(16-7-3-5-9-19(16)24-21)17(15-6-2-4-8-18(15)23)12-25(13)22(26)14-10-11-14/h2-9,13-14,17,24H,10-12H2,1H3/t13-,17-/m0/s1. The average Bonchev–Trinajstić information content (AvgIpc) is 3.43. The van der Waals surface area contributed by atoms with Gasteiger partial charge in [0.1, 0.15) is 0 Å². The topological polar surface area (TPSA) is 36.1 Å². The third-order valence-corrected chi connectivity index (χ3v) is 6.22. The van der Waals surface area contributed by atoms with Crippen LogP contribution in [0.3, 0.4) is 0 Å². The lowest BCUT2D eigenvalue weighted by molar-refractivity contribution is -0.135. The molecule has 132 valence electrons. The van der Waals surface area contributed by atoms with E-state index in [1.807, 2.05) is 24.3 Å². The summed E-state index contributed by atoms with van der Waals surface area (Å²) in [6, 6.07) is 16.5. The molecule has 2 aromatic carbocycles. The Morgan fingerprint density at radius 1 is 1.12 bits per heavy atom. The van der Waals surface area contributed by atoms with Crippen LogP contribution in [0.15, 0.2) is 48.5 Å². The number of halogens is 1. The Bertz CT molecular complexity index is 1000. The van der Waals surface area contributed by atoms with E-state index in [1.54, 1.807) is 0 Å². The Morgan fingerprint density at radius 3 is 2.62 bits per heavy atom. The third kappa shape index (κ3) is 2.38. The van der Waals surface area contributed by atoms with Gasteiger partial charge in [-0.2, -0.15) is 0 Å². The van der Waals surface area contributed by atoms with E-state index >= 15 is 0 Å². The molecule has 1 aliphatic carbocycles. The number of nitrogens with one attached hydrogen (secondary N) is 1. The lowest BCUT2D eigenvalue weighted by Gasteiger charge is -2.39. The number of hydrogen-bond donors (Lipinski definition) is 1. The van der Waals surface area contributed by atoms with Crippen LogP contribution in [0.2, 0.25) is 5.02 Å². The Labute approximate surface area is 158 Å². The first-order valence-electron chi connectivity index (χ1n) is 9.30. The quantitative estimate of drug-likeness (QED) is 0.661. The summed E-state index contributed by atoms with van der Waals surface area (Å²) in [5, 5.41) is 2.00. The number of hydrogen-bond acceptors (Lipinski definition) is 1. The molecule has 2 aliphatic rings. The van der Waals surface area contributed by atoms with Gasteiger partial charge in [-0.1, -0.05) is 48.0 Å². The number of benzene rings is 2. The highest BCUT2D eigenvalue weighted by Crippen LogP contribution is 2.46. The fourth-order valence-electron chi connectivity index (χ4n) is 4.35. The number of amides is 1. The SMILES string of the molecule is C[C@H]1c2[nH]c3ccccc3c2[C@H](c2ccccc2Cl)CN1C(=O)C1CC1. The van der Waals surface area contributed by atoms with Crippen molar-refractivity contribution in [3.63, 3.8) is 0 Å². The van der Waals surface area contributed by atoms with Crippen molar-refractivity contribution < 1.29 is 4.79 Å². The molecule has 26 heavy (non-hydrogen) atoms. The summed E-state index contributed by atoms with van der Waals surface area (Å²) in [7, 11) is 0. The van der Waals surface area contributed by atoms with Gasteiger partial charge in [-0.05, 0) is 43.0 Å². The van der Waals surface area contributed by atoms with Gasteiger partial charge < -0.3 is 9.88 Å². The van der Waals surface area contributed by atoms with Crippen LogP contribution in [0.1, 0.15) is 48.5 Å². The molecule has 1 saturated carbocycles. The van der Waals surface area contributed by atoms with E-state index in [2.05, 4.69) is 41.1 Å². The Balaban J connectivity index is 1.71. The first-order valence-corrected chi connectivity index (χ1v) is 9.68. The van der Waals surface area contributed by atoms with Crippen molar-refractivity contribution in [2.75, 3.05) is 6.54 Å². The van der Waals surface area contributed by atoms with Crippen molar-refractivity contribution in [1.29, 1.82) is 0 Å². The summed E-state index contributed by atoms with van der Waals surface area (Å²) < 4.78 is 0. The van der Waals surface area contributed by atoms with Crippen molar-refractivity contribution in [1.82, 2.24) is 9.88 Å². The molecule has 0 saturated heterocycles. The van der Waals surface area contributed by atoms with E-state index in [9.17, 15) is 4.79 Å². The van der Waals surface area contributed by atoms with E-state index < -0.39 is 0 Å². The van der Waals surface area contributed by atoms with Gasteiger partial charge in [0.25, 0.3) is 0 Å². The molecule has 3 nitrogen and oxygen atoms in total. The largest absolute Gasteiger partial charge is 0.356 e. The molecule has 1 N–H and O–H groups in total. The fraction of sp³-hybridized carbons (Fsp3) is 0.318. The van der Waals surface area contributed by atoms with E-state index in [-0.39, 0.29) is 17.9 Å². The maximum absolute atomic E-state index is 12.9. The molecule has 2 heterocycles. The highest BCUT2D eigenvalue weighted by Gasteiger charge is 2.42. The number of carbonyl (C=O) groups is 1. The maximum atomic E-state index is 12.9. The molecule has 0 unspecified atom stereocenters. The van der Waals surface area contributed by atoms with Crippen molar-refractivity contribution in [3.05, 3.63) is 70.4 Å². The monoisotopic (exact) mass is 364 g/mol. The molecule has 1 aromatic heterocycles. The van der Waals surface area contributed by atoms with Gasteiger partial charge in [0.15, 0.2) is 0 Å². The molecule has 1 fully saturated rings. The first-order chi connectivity index (χ1) is 12.6. The van der Waals surface area contributed by atoms with Gasteiger partial charge >= 0.3 is 0 Å². The van der Waals surface area contributed by atoms with Crippen LogP contribution < -0.4 is 0 Å². The minimum absolute atomic E-state index is 0.0595. The van der Waals surface area contributed by atoms with Crippen molar-refractivity contribution >= 4 is 28.4 Å². The van der Waals surface area contributed by atoms with Crippen molar-refractivity contribution in [2.24, 2.45) is 5.92 Å². The number of rotatable bonds is 2. The number of H-pyrrole nitrogens is 1. The predicted molar refractivity (Wildman–Crippen MR) is 104 cm³/mol. The second kappa shape index (κ2) is 5.88. The zero-order chi connectivity index (χ0) is 17.8. The summed E-state index contributed by atoms with van der Waals surface area (Å²) in [6.45, 7) is 2.83. The summed E-state index contributed by atoms with van der Waals surface area (Å²) in [5.74, 6) is 0.600. The Hall–Kier alpha value is -2.26. The summed E-state index contributed by atoms with van der Waals surface area (Å²) in [5.41, 5.74) is 4.67. The van der Waals surface area contributed by atoms with Gasteiger partial charge in [-0.15, -0.1) is 0 Å². The minimum atomic E-state index is 0.0595. The van der Waals surface area contributed by atoms with Gasteiger partial charge in [0, 0.05) is 40.0 Å². The number of fused-ring (bicyclic) bond motifs is 3. The summed E-state index contributed by atoms with van der Waals surface area (Å²) >= 11 is 6.57. The van der Waals surface area contributed by atoms with Crippen LogP contribution in [0.25, 0.3) is 10.9 Å². The summed E-state index contributed by atoms with van der Waals surface area (Å²) in [4.78, 5) is 18.6. The lowest BCUT2D eigenvalue weighted by Crippen LogP contribution is -2.42. The Morgan fingerprint density at radius 2 is 1.85 bits per heavy atom. The smallest absolute Gasteiger partial charge is 0.226 e. The molecule has 1 aliphatic heterocycles. The first kappa shape index (κ1) is 16.0. The highest BCUT2D eigenvalue weighted by molar-refractivity contribution is 6.31. The molecular formula is C22H21ClN2O. The molecule has 4 heteroatoms. The molecular weight excluding hydrogens is 344 g/mol. The normalized spacial score (nSPS) is 22.5. The molecule has 2 atom stereocenters. The van der Waals surface area contributed by atoms with Gasteiger partial charge in [0.2, 0.25) is 5.91 Å². The fourth-order valence-corrected chi connectivity index (χ4v) is 4.62. The number of para-hydroxylation sites is 1. The molecule has 3 aromatic rings. The number of aromatic nitrogens is 1. The lowest BCUT2D eigenvalue weighted by atomic mass is 9.83. The van der Waals surface area contributed by atoms with Crippen LogP contribution in [0, 0.1) is 5.92 Å². The van der Waals surface area contributed by atoms with Crippen LogP contribution in [0.4, 0.5) is 0 Å². The van der Waals surface area contributed by atoms with Crippen molar-refractivity contribution in [2.45, 2.75) is 31.7 Å². The van der Waals surface area contributed by atoms with Crippen LogP contribution in [-0.4, -0.2) is 22.3 Å². The van der Waals surface area contributed by atoms with E-state index in [4.69, 9.17) is 11.6 Å². The molecule has 0 bridgehead atoms. The number of aromatic amines is 1. The Kier molecular flexibility index (Phi) is 3.61. The van der Waals surface area contributed by atoms with Crippen LogP contribution in [0.5, 0.6) is 0 Å². The second-order valence-electron chi connectivity index (χ2n) is 7.51. The molecule has 5 rings (SSSR count). The number of nitrogens with zero attached hydrogens (tertiary/aromatic N) is 1. The highest BCUT2D eigenvalue weighted by atomic mass is 35.5. The van der Waals surface area contributed by atoms with E-state index in [0.717, 1.165) is 34.6 Å². The second-order valence-corrected chi connectivity index (χ2v) is 7.92. The van der Waals surface area contributed by atoms with Crippen LogP contribution >= 0.6 is 11.6 Å². The predicted octanol–water partition coefficient (Wildman–Crippen LogP) is 5.27.